The maximum Gasteiger partial charge on any atom is 0.271 e. The monoisotopic (exact) mass is 426 g/mol. The summed E-state index contributed by atoms with van der Waals surface area (Å²) in [6.45, 7) is 0.339. The van der Waals surface area contributed by atoms with Crippen molar-refractivity contribution in [2.45, 2.75) is 13.2 Å². The van der Waals surface area contributed by atoms with Gasteiger partial charge in [0.15, 0.2) is 0 Å². The highest BCUT2D eigenvalue weighted by atomic mass is 32.1. The van der Waals surface area contributed by atoms with Crippen LogP contribution in [0.5, 0.6) is 5.75 Å². The highest BCUT2D eigenvalue weighted by molar-refractivity contribution is 7.13. The van der Waals surface area contributed by atoms with E-state index in [1.807, 2.05) is 12.1 Å². The Hall–Kier alpha value is -3.52. The summed E-state index contributed by atoms with van der Waals surface area (Å²) in [7, 11) is 0. The number of hydrogen-bond donors (Lipinski definition) is 1. The molecule has 8 heteroatoms. The second-order valence-electron chi connectivity index (χ2n) is 6.39. The van der Waals surface area contributed by atoms with Crippen LogP contribution in [0.1, 0.15) is 21.8 Å². The van der Waals surface area contributed by atoms with Gasteiger partial charge < -0.3 is 14.5 Å². The first-order valence-electron chi connectivity index (χ1n) is 9.01. The van der Waals surface area contributed by atoms with E-state index in [4.69, 9.17) is 9.15 Å². The molecular weight excluding hydrogens is 410 g/mol. The first-order valence-corrected chi connectivity index (χ1v) is 9.89. The van der Waals surface area contributed by atoms with E-state index in [0.717, 1.165) is 11.6 Å². The van der Waals surface area contributed by atoms with E-state index < -0.39 is 11.6 Å². The van der Waals surface area contributed by atoms with E-state index in [2.05, 4.69) is 10.3 Å². The molecule has 0 saturated heterocycles. The summed E-state index contributed by atoms with van der Waals surface area (Å²) in [6.07, 6.45) is 1.55. The fourth-order valence-electron chi connectivity index (χ4n) is 2.74. The minimum Gasteiger partial charge on any atom is -0.489 e. The molecule has 0 atom stereocenters. The summed E-state index contributed by atoms with van der Waals surface area (Å²) >= 11 is 1.35. The summed E-state index contributed by atoms with van der Waals surface area (Å²) < 4.78 is 37.2. The third-order valence-electron chi connectivity index (χ3n) is 4.17. The van der Waals surface area contributed by atoms with E-state index in [1.165, 1.54) is 23.5 Å². The maximum atomic E-state index is 13.2. The Balaban J connectivity index is 1.36. The molecule has 2 heterocycles. The lowest BCUT2D eigenvalue weighted by molar-refractivity contribution is 0.0944. The van der Waals surface area contributed by atoms with Gasteiger partial charge in [0, 0.05) is 17.0 Å². The molecule has 5 nitrogen and oxygen atoms in total. The van der Waals surface area contributed by atoms with Crippen LogP contribution in [-0.2, 0) is 13.2 Å². The SMILES string of the molecule is O=C(NCc1ccco1)c1csc(-c2ccc(OCc3cc(F)cc(F)c3)cc2)n1. The number of hydrogen-bond acceptors (Lipinski definition) is 5. The molecule has 4 rings (SSSR count). The fourth-order valence-corrected chi connectivity index (χ4v) is 3.54. The van der Waals surface area contributed by atoms with E-state index in [-0.39, 0.29) is 12.5 Å². The van der Waals surface area contributed by atoms with Crippen molar-refractivity contribution in [3.63, 3.8) is 0 Å². The van der Waals surface area contributed by atoms with Crippen LogP contribution in [0.2, 0.25) is 0 Å². The molecule has 30 heavy (non-hydrogen) atoms. The molecule has 2 aromatic carbocycles. The third kappa shape index (κ3) is 4.90. The second-order valence-corrected chi connectivity index (χ2v) is 7.25. The van der Waals surface area contributed by atoms with Gasteiger partial charge in [-0.25, -0.2) is 13.8 Å². The van der Waals surface area contributed by atoms with E-state index >= 15 is 0 Å². The molecule has 1 N–H and O–H groups in total. The van der Waals surface area contributed by atoms with Gasteiger partial charge in [-0.1, -0.05) is 0 Å². The van der Waals surface area contributed by atoms with Gasteiger partial charge in [0.1, 0.15) is 40.5 Å². The van der Waals surface area contributed by atoms with E-state index in [1.54, 1.807) is 35.9 Å². The fraction of sp³-hybridized carbons (Fsp3) is 0.0909. The van der Waals surface area contributed by atoms with Crippen molar-refractivity contribution in [2.75, 3.05) is 0 Å². The molecule has 0 radical (unpaired) electrons. The molecule has 0 fully saturated rings. The number of aromatic nitrogens is 1. The second kappa shape index (κ2) is 8.87. The zero-order valence-electron chi connectivity index (χ0n) is 15.6. The zero-order chi connectivity index (χ0) is 20.9. The van der Waals surface area contributed by atoms with Crippen molar-refractivity contribution < 1.29 is 22.7 Å². The summed E-state index contributed by atoms with van der Waals surface area (Å²) in [5.41, 5.74) is 1.56. The molecule has 4 aromatic rings. The maximum absolute atomic E-state index is 13.2. The number of nitrogens with zero attached hydrogens (tertiary/aromatic N) is 1. The quantitative estimate of drug-likeness (QED) is 0.442. The topological polar surface area (TPSA) is 64.4 Å². The van der Waals surface area contributed by atoms with Crippen LogP contribution in [0.25, 0.3) is 10.6 Å². The summed E-state index contributed by atoms with van der Waals surface area (Å²) in [4.78, 5) is 16.6. The van der Waals surface area contributed by atoms with Crippen LogP contribution in [0.3, 0.4) is 0 Å². The number of halogens is 2. The zero-order valence-corrected chi connectivity index (χ0v) is 16.4. The minimum atomic E-state index is -0.642. The predicted molar refractivity (Wildman–Crippen MR) is 108 cm³/mol. The van der Waals surface area contributed by atoms with Crippen LogP contribution >= 0.6 is 11.3 Å². The number of amides is 1. The number of ether oxygens (including phenoxy) is 1. The first-order chi connectivity index (χ1) is 14.6. The predicted octanol–water partition coefficient (Wildman–Crippen LogP) is 5.19. The normalized spacial score (nSPS) is 10.7. The number of thiazole rings is 1. The van der Waals surface area contributed by atoms with Crippen LogP contribution < -0.4 is 10.1 Å². The van der Waals surface area contributed by atoms with Crippen LogP contribution in [0.4, 0.5) is 8.78 Å². The molecule has 0 spiro atoms. The van der Waals surface area contributed by atoms with Gasteiger partial charge in [-0.2, -0.15) is 0 Å². The number of furan rings is 1. The van der Waals surface area contributed by atoms with Gasteiger partial charge in [-0.15, -0.1) is 11.3 Å². The van der Waals surface area contributed by atoms with Crippen LogP contribution in [0.15, 0.2) is 70.7 Å². The van der Waals surface area contributed by atoms with Crippen molar-refractivity contribution in [1.29, 1.82) is 0 Å². The van der Waals surface area contributed by atoms with Gasteiger partial charge in [0.2, 0.25) is 0 Å². The summed E-state index contributed by atoms with van der Waals surface area (Å²) in [6, 6.07) is 13.9. The molecule has 0 unspecified atom stereocenters. The van der Waals surface area contributed by atoms with Crippen molar-refractivity contribution in [3.05, 3.63) is 94.9 Å². The lowest BCUT2D eigenvalue weighted by Crippen LogP contribution is -2.22. The Morgan fingerprint density at radius 1 is 1.10 bits per heavy atom. The number of benzene rings is 2. The Bertz CT molecular complexity index is 1120. The Morgan fingerprint density at radius 3 is 2.57 bits per heavy atom. The van der Waals surface area contributed by atoms with Crippen LogP contribution in [-0.4, -0.2) is 10.9 Å². The smallest absolute Gasteiger partial charge is 0.271 e. The molecule has 152 valence electrons. The molecule has 2 aromatic heterocycles. The largest absolute Gasteiger partial charge is 0.489 e. The molecule has 0 aliphatic carbocycles. The summed E-state index contributed by atoms with van der Waals surface area (Å²) in [5.74, 6) is -0.351. The Kier molecular flexibility index (Phi) is 5.85. The van der Waals surface area contributed by atoms with E-state index in [0.29, 0.717) is 34.3 Å². The van der Waals surface area contributed by atoms with Gasteiger partial charge in [0.05, 0.1) is 12.8 Å². The third-order valence-corrected chi connectivity index (χ3v) is 5.06. The minimum absolute atomic E-state index is 0.0469. The van der Waals surface area contributed by atoms with Gasteiger partial charge in [0.25, 0.3) is 5.91 Å². The molecular formula is C22H16F2N2O3S. The highest BCUT2D eigenvalue weighted by Gasteiger charge is 2.12. The van der Waals surface area contributed by atoms with Crippen molar-refractivity contribution in [2.24, 2.45) is 0 Å². The van der Waals surface area contributed by atoms with E-state index in [9.17, 15) is 13.6 Å². The average Bonchev–Trinajstić information content (AvgIpc) is 3.42. The highest BCUT2D eigenvalue weighted by Crippen LogP contribution is 2.26. The Morgan fingerprint density at radius 2 is 1.87 bits per heavy atom. The molecule has 0 aliphatic heterocycles. The lowest BCUT2D eigenvalue weighted by Gasteiger charge is -2.07. The van der Waals surface area contributed by atoms with Crippen molar-refractivity contribution in [3.8, 4) is 16.3 Å². The number of carbonyl (C=O) groups is 1. The summed E-state index contributed by atoms with van der Waals surface area (Å²) in [5, 5.41) is 5.14. The molecule has 0 saturated carbocycles. The molecule has 0 bridgehead atoms. The van der Waals surface area contributed by atoms with Gasteiger partial charge in [-0.05, 0) is 54.1 Å². The number of rotatable bonds is 7. The number of nitrogens with one attached hydrogen (secondary N) is 1. The first kappa shape index (κ1) is 19.8. The molecule has 0 aliphatic rings. The van der Waals surface area contributed by atoms with Gasteiger partial charge in [-0.3, -0.25) is 4.79 Å². The average molecular weight is 426 g/mol. The lowest BCUT2D eigenvalue weighted by atomic mass is 10.2. The van der Waals surface area contributed by atoms with Crippen molar-refractivity contribution >= 4 is 17.2 Å². The number of carbonyl (C=O) groups excluding carboxylic acids is 1. The standard InChI is InChI=1S/C22H16F2N2O3S/c23-16-8-14(9-17(24)10-16)12-29-18-5-3-15(4-6-18)22-26-20(13-30-22)21(27)25-11-19-2-1-7-28-19/h1-10,13H,11-12H2,(H,25,27). The molecule has 1 amide bonds. The Labute approximate surface area is 175 Å². The van der Waals surface area contributed by atoms with Crippen molar-refractivity contribution in [1.82, 2.24) is 10.3 Å². The van der Waals surface area contributed by atoms with Crippen LogP contribution in [0, 0.1) is 11.6 Å². The van der Waals surface area contributed by atoms with Gasteiger partial charge >= 0.3 is 0 Å².